The molecule has 0 fully saturated rings. The predicted molar refractivity (Wildman–Crippen MR) is 99.1 cm³/mol. The van der Waals surface area contributed by atoms with Gasteiger partial charge >= 0.3 is 5.69 Å². The van der Waals surface area contributed by atoms with Crippen LogP contribution in [0.25, 0.3) is 0 Å². The molecule has 0 atom stereocenters. The lowest BCUT2D eigenvalue weighted by molar-refractivity contribution is -0.134. The number of phenols is 2. The van der Waals surface area contributed by atoms with Crippen molar-refractivity contribution in [2.75, 3.05) is 0 Å². The molecule has 2 aromatic heterocycles. The molecule has 3 rings (SSSR count). The molecule has 158 valence electrons. The highest BCUT2D eigenvalue weighted by Gasteiger charge is 2.01. The fourth-order valence-corrected chi connectivity index (χ4v) is 1.44. The Morgan fingerprint density at radius 2 is 1.69 bits per heavy atom. The van der Waals surface area contributed by atoms with Crippen LogP contribution in [0.15, 0.2) is 27.8 Å². The molecule has 0 saturated carbocycles. The zero-order valence-electron chi connectivity index (χ0n) is 16.0. The van der Waals surface area contributed by atoms with Crippen LogP contribution in [-0.4, -0.2) is 51.9 Å². The van der Waals surface area contributed by atoms with E-state index < -0.39 is 23.0 Å². The van der Waals surface area contributed by atoms with Crippen molar-refractivity contribution in [3.63, 3.8) is 0 Å². The van der Waals surface area contributed by atoms with Crippen LogP contribution < -0.4 is 11.2 Å². The highest BCUT2D eigenvalue weighted by atomic mass is 19.1. The second-order valence-corrected chi connectivity index (χ2v) is 5.30. The van der Waals surface area contributed by atoms with E-state index in [0.717, 1.165) is 6.92 Å². The van der Waals surface area contributed by atoms with Gasteiger partial charge in [0.1, 0.15) is 11.5 Å². The molecule has 12 nitrogen and oxygen atoms in total. The molecule has 0 amide bonds. The number of benzene rings is 1. The summed E-state index contributed by atoms with van der Waals surface area (Å²) >= 11 is 0. The van der Waals surface area contributed by atoms with Gasteiger partial charge in [-0.3, -0.25) is 14.6 Å². The van der Waals surface area contributed by atoms with Crippen molar-refractivity contribution in [3.8, 4) is 11.5 Å². The molecule has 2 heterocycles. The predicted octanol–water partition coefficient (Wildman–Crippen LogP) is 0.516. The SMILES string of the molecule is CC(=O)O.Cc1[nH]c(=O)[nH]c(=O)c1F.Cc1cc(O)ccc1O.Cc1nn[nH]n1. The minimum Gasteiger partial charge on any atom is -0.508 e. The van der Waals surface area contributed by atoms with Crippen molar-refractivity contribution >= 4 is 5.97 Å². The molecule has 1 aromatic carbocycles. The van der Waals surface area contributed by atoms with Crippen LogP contribution >= 0.6 is 0 Å². The number of nitrogens with one attached hydrogen (secondary N) is 3. The van der Waals surface area contributed by atoms with Crippen molar-refractivity contribution < 1.29 is 24.5 Å². The molecule has 0 radical (unpaired) electrons. The molecular weight excluding hydrogens is 391 g/mol. The van der Waals surface area contributed by atoms with Gasteiger partial charge < -0.3 is 20.3 Å². The van der Waals surface area contributed by atoms with E-state index in [9.17, 15) is 14.0 Å². The normalized spacial score (nSPS) is 9.00. The van der Waals surface area contributed by atoms with E-state index in [2.05, 4.69) is 25.6 Å². The van der Waals surface area contributed by atoms with Gasteiger partial charge in [-0.1, -0.05) is 5.21 Å². The highest BCUT2D eigenvalue weighted by Crippen LogP contribution is 2.19. The minimum absolute atomic E-state index is 0.0475. The van der Waals surface area contributed by atoms with Crippen LogP contribution in [0.4, 0.5) is 4.39 Å². The summed E-state index contributed by atoms with van der Waals surface area (Å²) in [6, 6.07) is 4.42. The molecular formula is C16H21FN6O6. The van der Waals surface area contributed by atoms with Gasteiger partial charge in [0.05, 0.1) is 5.69 Å². The van der Waals surface area contributed by atoms with E-state index in [1.807, 2.05) is 0 Å². The van der Waals surface area contributed by atoms with Gasteiger partial charge in [-0.25, -0.2) is 4.79 Å². The lowest BCUT2D eigenvalue weighted by Gasteiger charge is -1.96. The quantitative estimate of drug-likeness (QED) is 0.285. The van der Waals surface area contributed by atoms with E-state index in [-0.39, 0.29) is 17.2 Å². The van der Waals surface area contributed by atoms with E-state index in [0.29, 0.717) is 11.4 Å². The first-order valence-corrected chi connectivity index (χ1v) is 7.80. The first-order valence-electron chi connectivity index (χ1n) is 7.80. The maximum Gasteiger partial charge on any atom is 0.326 e. The summed E-state index contributed by atoms with van der Waals surface area (Å²) in [5.74, 6) is -0.701. The number of carbonyl (C=O) groups is 1. The fraction of sp³-hybridized carbons (Fsp3) is 0.250. The van der Waals surface area contributed by atoms with Crippen LogP contribution in [0.5, 0.6) is 11.5 Å². The summed E-state index contributed by atoms with van der Waals surface area (Å²) < 4.78 is 12.4. The lowest BCUT2D eigenvalue weighted by Crippen LogP contribution is -2.26. The number of aromatic amines is 3. The largest absolute Gasteiger partial charge is 0.508 e. The van der Waals surface area contributed by atoms with Crippen molar-refractivity contribution in [1.29, 1.82) is 0 Å². The van der Waals surface area contributed by atoms with Crippen molar-refractivity contribution in [1.82, 2.24) is 30.6 Å². The average molecular weight is 412 g/mol. The van der Waals surface area contributed by atoms with E-state index in [1.165, 1.54) is 25.1 Å². The van der Waals surface area contributed by atoms with Gasteiger partial charge in [0.25, 0.3) is 11.5 Å². The zero-order chi connectivity index (χ0) is 22.6. The number of nitrogens with zero attached hydrogens (tertiary/aromatic N) is 3. The third kappa shape index (κ3) is 11.3. The van der Waals surface area contributed by atoms with Gasteiger partial charge in [-0.05, 0) is 44.5 Å². The summed E-state index contributed by atoms with van der Waals surface area (Å²) in [5.41, 5.74) is -1.03. The summed E-state index contributed by atoms with van der Waals surface area (Å²) in [7, 11) is 0. The molecule has 0 saturated heterocycles. The Morgan fingerprint density at radius 1 is 1.10 bits per heavy atom. The number of phenolic OH excluding ortho intramolecular Hbond substituents is 2. The van der Waals surface area contributed by atoms with Crippen LogP contribution in [-0.2, 0) is 4.79 Å². The first-order chi connectivity index (χ1) is 13.4. The second-order valence-electron chi connectivity index (χ2n) is 5.30. The van der Waals surface area contributed by atoms with Gasteiger partial charge in [-0.15, -0.1) is 10.2 Å². The van der Waals surface area contributed by atoms with Crippen LogP contribution in [0.3, 0.4) is 0 Å². The molecule has 0 aliphatic carbocycles. The monoisotopic (exact) mass is 412 g/mol. The topological polar surface area (TPSA) is 198 Å². The lowest BCUT2D eigenvalue weighted by atomic mass is 10.2. The number of hydrogen-bond acceptors (Lipinski definition) is 8. The third-order valence-electron chi connectivity index (χ3n) is 2.69. The number of aliphatic carboxylic acids is 1. The Morgan fingerprint density at radius 3 is 2.03 bits per heavy atom. The molecule has 29 heavy (non-hydrogen) atoms. The van der Waals surface area contributed by atoms with E-state index in [4.69, 9.17) is 20.1 Å². The Kier molecular flexibility index (Phi) is 10.7. The molecule has 0 unspecified atom stereocenters. The number of carboxylic acid groups (broad SMARTS) is 1. The second kappa shape index (κ2) is 12.4. The van der Waals surface area contributed by atoms with Crippen LogP contribution in [0.2, 0.25) is 0 Å². The number of aromatic hydroxyl groups is 2. The van der Waals surface area contributed by atoms with Gasteiger partial charge in [-0.2, -0.15) is 9.60 Å². The number of rotatable bonds is 0. The van der Waals surface area contributed by atoms with Gasteiger partial charge in [0.15, 0.2) is 5.82 Å². The standard InChI is InChI=1S/C7H8O2.C5H5FN2O2.C2H4N4.C2H4O2/c1-5-4-6(8)2-3-7(5)9;1-2-3(6)4(9)8-5(10)7-2;1-2-3-5-6-4-2;1-2(3)4/h2-4,8-9H,1H3;1H3,(H2,7,8,9,10);1H3,(H,3,4,5,6);1H3,(H,3,4). The fourth-order valence-electron chi connectivity index (χ4n) is 1.44. The Bertz CT molecular complexity index is 1010. The number of carboxylic acids is 1. The molecule has 3 aromatic rings. The molecule has 0 aliphatic rings. The van der Waals surface area contributed by atoms with Crippen molar-refractivity contribution in [2.24, 2.45) is 0 Å². The number of aromatic nitrogens is 6. The summed E-state index contributed by atoms with van der Waals surface area (Å²) in [6.45, 7) is 5.89. The average Bonchev–Trinajstić information content (AvgIpc) is 3.08. The molecule has 0 aliphatic heterocycles. The van der Waals surface area contributed by atoms with Crippen LogP contribution in [0.1, 0.15) is 24.0 Å². The van der Waals surface area contributed by atoms with Crippen LogP contribution in [0, 0.1) is 26.6 Å². The molecule has 0 spiro atoms. The number of hydrogen-bond donors (Lipinski definition) is 6. The Balaban J connectivity index is 0.000000380. The van der Waals surface area contributed by atoms with E-state index in [1.54, 1.807) is 18.8 Å². The van der Waals surface area contributed by atoms with Crippen molar-refractivity contribution in [3.05, 3.63) is 61.9 Å². The molecule has 6 N–H and O–H groups in total. The number of H-pyrrole nitrogens is 3. The smallest absolute Gasteiger partial charge is 0.326 e. The summed E-state index contributed by atoms with van der Waals surface area (Å²) in [4.78, 5) is 33.6. The Hall–Kier alpha value is -4.03. The maximum absolute atomic E-state index is 12.4. The number of tetrazole rings is 1. The first kappa shape index (κ1) is 25.0. The zero-order valence-corrected chi connectivity index (χ0v) is 16.0. The van der Waals surface area contributed by atoms with Crippen molar-refractivity contribution in [2.45, 2.75) is 27.7 Å². The van der Waals surface area contributed by atoms with E-state index >= 15 is 0 Å². The van der Waals surface area contributed by atoms with Gasteiger partial charge in [0.2, 0.25) is 5.82 Å². The molecule has 13 heteroatoms. The summed E-state index contributed by atoms with van der Waals surface area (Å²) in [6.07, 6.45) is 0. The molecule has 0 bridgehead atoms. The maximum atomic E-state index is 12.4. The number of aryl methyl sites for hydroxylation is 3. The minimum atomic E-state index is -0.985. The van der Waals surface area contributed by atoms with Gasteiger partial charge in [0, 0.05) is 6.92 Å². The Labute approximate surface area is 163 Å². The third-order valence-corrected chi connectivity index (χ3v) is 2.69. The number of halogens is 1. The highest BCUT2D eigenvalue weighted by molar-refractivity contribution is 5.62. The summed E-state index contributed by atoms with van der Waals surface area (Å²) in [5, 5.41) is 37.9.